The molecule has 0 aliphatic carbocycles. The minimum atomic E-state index is -0.872. The highest BCUT2D eigenvalue weighted by molar-refractivity contribution is 6.04. The number of nitrogens with one attached hydrogen (secondary N) is 1. The number of nitro groups is 1. The fraction of sp³-hybridized carbons (Fsp3) is 0.167. The van der Waals surface area contributed by atoms with E-state index < -0.39 is 30.0 Å². The molecule has 2 rings (SSSR count). The largest absolute Gasteiger partial charge is 0.475 e. The Bertz CT molecular complexity index is 880. The minimum absolute atomic E-state index is 0.0840. The van der Waals surface area contributed by atoms with Crippen LogP contribution in [0.25, 0.3) is 0 Å². The van der Waals surface area contributed by atoms with E-state index in [0.717, 1.165) is 0 Å². The van der Waals surface area contributed by atoms with Gasteiger partial charge in [-0.05, 0) is 25.1 Å². The van der Waals surface area contributed by atoms with E-state index >= 15 is 0 Å². The number of ether oxygens (including phenoxy) is 2. The summed E-state index contributed by atoms with van der Waals surface area (Å²) in [5.41, 5.74) is 0.350. The standard InChI is InChI=1S/C18H16N2O7/c1-12(21)13-6-2-3-7-14(13)19-17(22)10-27-18(23)11-26-16-9-5-4-8-15(16)20(24)25/h2-9H,10-11H2,1H3,(H,19,22). The van der Waals surface area contributed by atoms with Gasteiger partial charge in [0.05, 0.1) is 10.6 Å². The van der Waals surface area contributed by atoms with Crippen molar-refractivity contribution in [3.05, 3.63) is 64.2 Å². The van der Waals surface area contributed by atoms with Gasteiger partial charge < -0.3 is 14.8 Å². The van der Waals surface area contributed by atoms with Crippen molar-refractivity contribution in [2.75, 3.05) is 18.5 Å². The van der Waals surface area contributed by atoms with Crippen LogP contribution in [-0.2, 0) is 14.3 Å². The summed E-state index contributed by atoms with van der Waals surface area (Å²) in [5, 5.41) is 13.3. The quantitative estimate of drug-likeness (QED) is 0.326. The molecule has 0 aliphatic heterocycles. The molecule has 0 fully saturated rings. The van der Waals surface area contributed by atoms with Crippen molar-refractivity contribution in [1.82, 2.24) is 0 Å². The van der Waals surface area contributed by atoms with E-state index in [-0.39, 0.29) is 17.2 Å². The Labute approximate surface area is 154 Å². The summed E-state index contributed by atoms with van der Waals surface area (Å²) in [7, 11) is 0. The molecule has 2 aromatic rings. The smallest absolute Gasteiger partial charge is 0.344 e. The third-order valence-corrected chi connectivity index (χ3v) is 3.35. The van der Waals surface area contributed by atoms with Crippen molar-refractivity contribution in [3.63, 3.8) is 0 Å². The third kappa shape index (κ3) is 5.63. The van der Waals surface area contributed by atoms with Gasteiger partial charge in [-0.25, -0.2) is 4.79 Å². The van der Waals surface area contributed by atoms with Gasteiger partial charge in [0.15, 0.2) is 24.7 Å². The maximum absolute atomic E-state index is 11.9. The van der Waals surface area contributed by atoms with Crippen molar-refractivity contribution in [3.8, 4) is 5.75 Å². The van der Waals surface area contributed by atoms with Gasteiger partial charge in [-0.3, -0.25) is 19.7 Å². The molecule has 2 aromatic carbocycles. The zero-order valence-corrected chi connectivity index (χ0v) is 14.3. The first-order chi connectivity index (χ1) is 12.9. The Morgan fingerprint density at radius 3 is 2.41 bits per heavy atom. The molecule has 0 saturated carbocycles. The van der Waals surface area contributed by atoms with Crippen LogP contribution < -0.4 is 10.1 Å². The Morgan fingerprint density at radius 1 is 1.04 bits per heavy atom. The molecule has 0 spiro atoms. The third-order valence-electron chi connectivity index (χ3n) is 3.35. The maximum Gasteiger partial charge on any atom is 0.344 e. The van der Waals surface area contributed by atoms with E-state index in [1.807, 2.05) is 0 Å². The molecule has 0 atom stereocenters. The number of benzene rings is 2. The molecule has 1 N–H and O–H groups in total. The molecule has 0 bridgehead atoms. The predicted molar refractivity (Wildman–Crippen MR) is 94.6 cm³/mol. The van der Waals surface area contributed by atoms with Crippen molar-refractivity contribution in [2.24, 2.45) is 0 Å². The maximum atomic E-state index is 11.9. The highest BCUT2D eigenvalue weighted by Crippen LogP contribution is 2.25. The molecule has 1 amide bonds. The van der Waals surface area contributed by atoms with Crippen LogP contribution in [0.2, 0.25) is 0 Å². The number of carbonyl (C=O) groups is 3. The highest BCUT2D eigenvalue weighted by atomic mass is 16.6. The van der Waals surface area contributed by atoms with Crippen LogP contribution in [0.4, 0.5) is 11.4 Å². The van der Waals surface area contributed by atoms with Crippen molar-refractivity contribution < 1.29 is 28.8 Å². The topological polar surface area (TPSA) is 125 Å². The molecule has 0 radical (unpaired) electrons. The number of nitro benzene ring substituents is 1. The van der Waals surface area contributed by atoms with Gasteiger partial charge in [-0.2, -0.15) is 0 Å². The minimum Gasteiger partial charge on any atom is -0.475 e. The second-order valence-electron chi connectivity index (χ2n) is 5.32. The molecule has 27 heavy (non-hydrogen) atoms. The van der Waals surface area contributed by atoms with E-state index in [2.05, 4.69) is 5.32 Å². The number of hydrogen-bond donors (Lipinski definition) is 1. The molecular weight excluding hydrogens is 356 g/mol. The summed E-state index contributed by atoms with van der Waals surface area (Å²) < 4.78 is 9.84. The molecule has 9 nitrogen and oxygen atoms in total. The van der Waals surface area contributed by atoms with E-state index in [0.29, 0.717) is 11.3 Å². The van der Waals surface area contributed by atoms with Crippen LogP contribution in [0.15, 0.2) is 48.5 Å². The zero-order valence-electron chi connectivity index (χ0n) is 14.3. The van der Waals surface area contributed by atoms with E-state index in [9.17, 15) is 24.5 Å². The van der Waals surface area contributed by atoms with Crippen LogP contribution in [0, 0.1) is 10.1 Å². The Balaban J connectivity index is 1.85. The van der Waals surface area contributed by atoms with Crippen LogP contribution in [0.1, 0.15) is 17.3 Å². The molecule has 0 aliphatic rings. The number of hydrogen-bond acceptors (Lipinski definition) is 7. The lowest BCUT2D eigenvalue weighted by Crippen LogP contribution is -2.24. The van der Waals surface area contributed by atoms with Crippen LogP contribution in [0.5, 0.6) is 5.75 Å². The van der Waals surface area contributed by atoms with Gasteiger partial charge in [0.1, 0.15) is 0 Å². The van der Waals surface area contributed by atoms with E-state index in [4.69, 9.17) is 9.47 Å². The monoisotopic (exact) mass is 372 g/mol. The molecule has 0 heterocycles. The first-order valence-corrected chi connectivity index (χ1v) is 7.80. The van der Waals surface area contributed by atoms with Gasteiger partial charge in [-0.1, -0.05) is 24.3 Å². The number of carbonyl (C=O) groups excluding carboxylic acids is 3. The fourth-order valence-corrected chi connectivity index (χ4v) is 2.14. The number of nitrogens with zero attached hydrogens (tertiary/aromatic N) is 1. The number of Topliss-reactive ketones (excluding diaryl/α,β-unsaturated/α-hetero) is 1. The SMILES string of the molecule is CC(=O)c1ccccc1NC(=O)COC(=O)COc1ccccc1[N+](=O)[O-]. The first-order valence-electron chi connectivity index (χ1n) is 7.80. The van der Waals surface area contributed by atoms with Gasteiger partial charge >= 0.3 is 11.7 Å². The highest BCUT2D eigenvalue weighted by Gasteiger charge is 2.16. The molecule has 9 heteroatoms. The van der Waals surface area contributed by atoms with Crippen molar-refractivity contribution in [1.29, 1.82) is 0 Å². The van der Waals surface area contributed by atoms with Gasteiger partial charge in [-0.15, -0.1) is 0 Å². The fourth-order valence-electron chi connectivity index (χ4n) is 2.14. The number of ketones is 1. The summed E-state index contributed by atoms with van der Waals surface area (Å²) in [6.07, 6.45) is 0. The van der Waals surface area contributed by atoms with E-state index in [1.165, 1.54) is 31.2 Å². The lowest BCUT2D eigenvalue weighted by molar-refractivity contribution is -0.385. The summed E-state index contributed by atoms with van der Waals surface area (Å²) >= 11 is 0. The van der Waals surface area contributed by atoms with Gasteiger partial charge in [0, 0.05) is 11.6 Å². The number of rotatable bonds is 8. The zero-order chi connectivity index (χ0) is 19.8. The first kappa shape index (κ1) is 19.6. The second kappa shape index (κ2) is 9.09. The summed E-state index contributed by atoms with van der Waals surface area (Å²) in [6.45, 7) is 0.179. The van der Waals surface area contributed by atoms with E-state index in [1.54, 1.807) is 24.3 Å². The van der Waals surface area contributed by atoms with Crippen LogP contribution in [0.3, 0.4) is 0 Å². The van der Waals surface area contributed by atoms with Crippen LogP contribution >= 0.6 is 0 Å². The normalized spacial score (nSPS) is 9.96. The Kier molecular flexibility index (Phi) is 6.59. The van der Waals surface area contributed by atoms with Crippen molar-refractivity contribution >= 4 is 29.0 Å². The Morgan fingerprint density at radius 2 is 1.70 bits per heavy atom. The molecular formula is C18H16N2O7. The number of anilines is 1. The molecule has 0 saturated heterocycles. The molecule has 0 unspecified atom stereocenters. The summed E-state index contributed by atoms with van der Waals surface area (Å²) in [6, 6.07) is 12.0. The van der Waals surface area contributed by atoms with Crippen LogP contribution in [-0.4, -0.2) is 35.8 Å². The summed E-state index contributed by atoms with van der Waals surface area (Å²) in [5.74, 6) is -1.81. The van der Waals surface area contributed by atoms with Crippen molar-refractivity contribution in [2.45, 2.75) is 6.92 Å². The lowest BCUT2D eigenvalue weighted by Gasteiger charge is -2.10. The Hall–Kier alpha value is -3.75. The summed E-state index contributed by atoms with van der Waals surface area (Å²) in [4.78, 5) is 45.3. The molecule has 0 aromatic heterocycles. The lowest BCUT2D eigenvalue weighted by atomic mass is 10.1. The predicted octanol–water partition coefficient (Wildman–Crippen LogP) is 2.36. The second-order valence-corrected chi connectivity index (χ2v) is 5.32. The average molecular weight is 372 g/mol. The average Bonchev–Trinajstić information content (AvgIpc) is 2.65. The number of amides is 1. The number of esters is 1. The molecule has 140 valence electrons. The van der Waals surface area contributed by atoms with Gasteiger partial charge in [0.2, 0.25) is 0 Å². The van der Waals surface area contributed by atoms with Gasteiger partial charge in [0.25, 0.3) is 5.91 Å². The number of para-hydroxylation sites is 3.